The van der Waals surface area contributed by atoms with Gasteiger partial charge in [-0.2, -0.15) is 0 Å². The second-order valence-electron chi connectivity index (χ2n) is 7.96. The van der Waals surface area contributed by atoms with Crippen LogP contribution < -0.4 is 0 Å². The average molecular weight is 431 g/mol. The summed E-state index contributed by atoms with van der Waals surface area (Å²) in [5.41, 5.74) is 5.27. The molecule has 0 aromatic heterocycles. The molecule has 0 aliphatic rings. The highest BCUT2D eigenvalue weighted by molar-refractivity contribution is 8.71. The van der Waals surface area contributed by atoms with Crippen molar-refractivity contribution in [3.05, 3.63) is 70.8 Å². The molecule has 0 amide bonds. The molecule has 0 N–H and O–H groups in total. The normalized spacial score (nSPS) is 12.2. The van der Waals surface area contributed by atoms with Crippen LogP contribution in [0.15, 0.2) is 48.5 Å². The van der Waals surface area contributed by atoms with Crippen LogP contribution in [0.2, 0.25) is 0 Å². The van der Waals surface area contributed by atoms with Crippen LogP contribution in [0.25, 0.3) is 0 Å². The van der Waals surface area contributed by atoms with Gasteiger partial charge in [0.15, 0.2) is 0 Å². The van der Waals surface area contributed by atoms with E-state index >= 15 is 0 Å². The Morgan fingerprint density at radius 2 is 1.07 bits per heavy atom. The molecule has 0 bridgehead atoms. The van der Waals surface area contributed by atoms with Gasteiger partial charge in [-0.15, -0.1) is 0 Å². The maximum Gasteiger partial charge on any atom is 0.143 e. The minimum Gasteiger partial charge on any atom is -0.605 e. The van der Waals surface area contributed by atoms with Gasteiger partial charge in [0.05, 0.1) is 16.5 Å². The number of rotatable bonds is 15. The number of hydrogen-bond acceptors (Lipinski definition) is 2. The highest BCUT2D eigenvalue weighted by Crippen LogP contribution is 2.24. The number of aryl methyl sites for hydroxylation is 2. The van der Waals surface area contributed by atoms with Crippen molar-refractivity contribution in [2.45, 2.75) is 89.6 Å². The van der Waals surface area contributed by atoms with Crippen molar-refractivity contribution in [2.75, 3.05) is 0 Å². The molecule has 0 aliphatic carbocycles. The van der Waals surface area contributed by atoms with E-state index in [4.69, 9.17) is 0 Å². The molecule has 160 valence electrons. The van der Waals surface area contributed by atoms with Crippen LogP contribution in [0.4, 0.5) is 0 Å². The Bertz CT molecular complexity index is 651. The summed E-state index contributed by atoms with van der Waals surface area (Å²) in [7, 11) is 0.668. The predicted octanol–water partition coefficient (Wildman–Crippen LogP) is 8.03. The zero-order chi connectivity index (χ0) is 20.7. The third-order valence-electron chi connectivity index (χ3n) is 5.33. The Labute approximate surface area is 185 Å². The molecule has 1 atom stereocenters. The van der Waals surface area contributed by atoms with Crippen molar-refractivity contribution in [1.29, 1.82) is 0 Å². The molecule has 0 radical (unpaired) electrons. The van der Waals surface area contributed by atoms with Crippen LogP contribution in [-0.4, -0.2) is 4.55 Å². The minimum atomic E-state index is -0.882. The Hall–Kier alpha value is -0.900. The molecule has 2 aromatic rings. The number of benzene rings is 2. The van der Waals surface area contributed by atoms with E-state index in [9.17, 15) is 4.55 Å². The molecule has 0 aliphatic heterocycles. The van der Waals surface area contributed by atoms with Gasteiger partial charge in [-0.05, 0) is 42.4 Å². The van der Waals surface area contributed by atoms with Crippen LogP contribution in [0, 0.1) is 0 Å². The Morgan fingerprint density at radius 3 is 1.55 bits per heavy atom. The molecule has 1 nitrogen and oxygen atoms in total. The average Bonchev–Trinajstić information content (AvgIpc) is 2.75. The molecule has 0 saturated carbocycles. The van der Waals surface area contributed by atoms with Crippen molar-refractivity contribution >= 4 is 21.0 Å². The van der Waals surface area contributed by atoms with E-state index < -0.39 is 10.2 Å². The van der Waals surface area contributed by atoms with Crippen LogP contribution in [0.5, 0.6) is 0 Å². The summed E-state index contributed by atoms with van der Waals surface area (Å²) in [4.78, 5) is 0. The summed E-state index contributed by atoms with van der Waals surface area (Å²) >= 11 is 0. The molecule has 2 aromatic carbocycles. The molecule has 3 heteroatoms. The van der Waals surface area contributed by atoms with Gasteiger partial charge in [-0.1, -0.05) is 101 Å². The smallest absolute Gasteiger partial charge is 0.143 e. The van der Waals surface area contributed by atoms with Gasteiger partial charge in [-0.25, -0.2) is 0 Å². The van der Waals surface area contributed by atoms with E-state index in [-0.39, 0.29) is 0 Å². The molecular formula is C26H38OS2. The van der Waals surface area contributed by atoms with E-state index in [1.54, 1.807) is 10.8 Å². The first-order chi connectivity index (χ1) is 14.2. The van der Waals surface area contributed by atoms with Gasteiger partial charge in [0, 0.05) is 15.8 Å². The van der Waals surface area contributed by atoms with Crippen LogP contribution in [0.1, 0.15) is 87.5 Å². The molecule has 0 heterocycles. The maximum atomic E-state index is 12.5. The van der Waals surface area contributed by atoms with Crippen LogP contribution in [0.3, 0.4) is 0 Å². The fourth-order valence-electron chi connectivity index (χ4n) is 3.43. The first-order valence-electron chi connectivity index (χ1n) is 11.4. The Balaban J connectivity index is 1.67. The van der Waals surface area contributed by atoms with E-state index in [0.29, 0.717) is 5.75 Å². The second kappa shape index (κ2) is 15.0. The third-order valence-corrected chi connectivity index (χ3v) is 8.10. The molecule has 1 unspecified atom stereocenters. The lowest BCUT2D eigenvalue weighted by Crippen LogP contribution is -2.00. The maximum absolute atomic E-state index is 12.5. The summed E-state index contributed by atoms with van der Waals surface area (Å²) in [5, 5.41) is 0. The zero-order valence-corrected chi connectivity index (χ0v) is 20.0. The van der Waals surface area contributed by atoms with Gasteiger partial charge in [0.2, 0.25) is 0 Å². The van der Waals surface area contributed by atoms with E-state index in [1.165, 1.54) is 80.0 Å². The summed E-state index contributed by atoms with van der Waals surface area (Å²) in [6.07, 6.45) is 12.8. The van der Waals surface area contributed by atoms with Crippen LogP contribution in [-0.2, 0) is 34.6 Å². The van der Waals surface area contributed by atoms with Crippen molar-refractivity contribution in [2.24, 2.45) is 0 Å². The van der Waals surface area contributed by atoms with E-state index in [0.717, 1.165) is 12.2 Å². The van der Waals surface area contributed by atoms with E-state index in [2.05, 4.69) is 62.4 Å². The van der Waals surface area contributed by atoms with Gasteiger partial charge >= 0.3 is 0 Å². The number of unbranched alkanes of at least 4 members (excludes halogenated alkanes) is 6. The van der Waals surface area contributed by atoms with Crippen molar-refractivity contribution < 1.29 is 4.55 Å². The Kier molecular flexibility index (Phi) is 12.6. The monoisotopic (exact) mass is 430 g/mol. The fraction of sp³-hybridized carbons (Fsp3) is 0.538. The summed E-state index contributed by atoms with van der Waals surface area (Å²) in [5.74, 6) is 1.45. The summed E-state index contributed by atoms with van der Waals surface area (Å²) in [6, 6.07) is 17.6. The SMILES string of the molecule is CCCCCCc1ccc(CS[S+]([O-])Cc2ccc(CCCCCC)cc2)cc1. The van der Waals surface area contributed by atoms with Crippen LogP contribution >= 0.6 is 10.8 Å². The van der Waals surface area contributed by atoms with Gasteiger partial charge < -0.3 is 4.55 Å². The van der Waals surface area contributed by atoms with Gasteiger partial charge in [-0.3, -0.25) is 0 Å². The lowest BCUT2D eigenvalue weighted by atomic mass is 10.1. The molecule has 0 fully saturated rings. The van der Waals surface area contributed by atoms with Crippen molar-refractivity contribution in [3.8, 4) is 0 Å². The second-order valence-corrected chi connectivity index (χ2v) is 11.2. The molecule has 0 spiro atoms. The predicted molar refractivity (Wildman–Crippen MR) is 132 cm³/mol. The van der Waals surface area contributed by atoms with Crippen molar-refractivity contribution in [3.63, 3.8) is 0 Å². The largest absolute Gasteiger partial charge is 0.605 e. The minimum absolute atomic E-state index is 0.635. The lowest BCUT2D eigenvalue weighted by molar-refractivity contribution is 0.608. The summed E-state index contributed by atoms with van der Waals surface area (Å²) < 4.78 is 12.5. The fourth-order valence-corrected chi connectivity index (χ4v) is 5.90. The Morgan fingerprint density at radius 1 is 0.621 bits per heavy atom. The summed E-state index contributed by atoms with van der Waals surface area (Å²) in [6.45, 7) is 4.50. The lowest BCUT2D eigenvalue weighted by Gasteiger charge is -2.10. The number of hydrogen-bond donors (Lipinski definition) is 0. The first kappa shape index (κ1) is 24.4. The van der Waals surface area contributed by atoms with Gasteiger partial charge in [0.1, 0.15) is 5.75 Å². The first-order valence-corrected chi connectivity index (χ1v) is 14.2. The molecule has 29 heavy (non-hydrogen) atoms. The highest BCUT2D eigenvalue weighted by Gasteiger charge is 2.11. The van der Waals surface area contributed by atoms with Gasteiger partial charge in [0.25, 0.3) is 0 Å². The van der Waals surface area contributed by atoms with Crippen molar-refractivity contribution in [1.82, 2.24) is 0 Å². The highest BCUT2D eigenvalue weighted by atomic mass is 33.1. The molecular weight excluding hydrogens is 392 g/mol. The van der Waals surface area contributed by atoms with E-state index in [1.807, 2.05) is 0 Å². The molecule has 0 saturated heterocycles. The quantitative estimate of drug-likeness (QED) is 0.162. The zero-order valence-electron chi connectivity index (χ0n) is 18.3. The topological polar surface area (TPSA) is 23.1 Å². The third kappa shape index (κ3) is 10.6. The standard InChI is InChI=1S/C26H38OS2/c1-3-5-7-9-11-23-13-17-25(18-14-23)21-28-29(27)22-26-19-15-24(16-20-26)12-10-8-6-4-2/h13-20H,3-12,21-22H2,1-2H3. The molecule has 2 rings (SSSR count).